The van der Waals surface area contributed by atoms with Gasteiger partial charge in [0.2, 0.25) is 0 Å². The van der Waals surface area contributed by atoms with Crippen molar-refractivity contribution in [1.29, 1.82) is 0 Å². The number of pyridine rings is 1. The number of amides is 2. The van der Waals surface area contributed by atoms with Crippen molar-refractivity contribution in [1.82, 2.24) is 19.7 Å². The van der Waals surface area contributed by atoms with E-state index < -0.39 is 5.97 Å². The molecule has 2 heterocycles. The van der Waals surface area contributed by atoms with Gasteiger partial charge in [0.05, 0.1) is 30.2 Å². The van der Waals surface area contributed by atoms with Gasteiger partial charge in [0, 0.05) is 32.1 Å². The first-order valence-electron chi connectivity index (χ1n) is 6.13. The van der Waals surface area contributed by atoms with Gasteiger partial charge in [-0.1, -0.05) is 0 Å². The van der Waals surface area contributed by atoms with Crippen LogP contribution >= 0.6 is 0 Å². The Kier molecular flexibility index (Phi) is 4.17. The summed E-state index contributed by atoms with van der Waals surface area (Å²) in [6, 6.07) is 0.994. The number of hydrogen-bond acceptors (Lipinski definition) is 4. The third-order valence-electron chi connectivity index (χ3n) is 2.76. The van der Waals surface area contributed by atoms with E-state index in [0.29, 0.717) is 12.2 Å². The number of carbonyl (C=O) groups excluding carboxylic acids is 1. The number of urea groups is 1. The second kappa shape index (κ2) is 6.04. The van der Waals surface area contributed by atoms with Crippen LogP contribution in [0.2, 0.25) is 0 Å². The molecule has 0 atom stereocenters. The van der Waals surface area contributed by atoms with E-state index in [4.69, 9.17) is 5.11 Å². The van der Waals surface area contributed by atoms with E-state index in [0.717, 1.165) is 5.56 Å². The van der Waals surface area contributed by atoms with E-state index in [2.05, 4.69) is 15.4 Å². The van der Waals surface area contributed by atoms with Gasteiger partial charge >= 0.3 is 12.0 Å². The van der Waals surface area contributed by atoms with Crippen LogP contribution in [0.4, 0.5) is 10.5 Å². The van der Waals surface area contributed by atoms with Gasteiger partial charge in [-0.25, -0.2) is 9.59 Å². The fourth-order valence-corrected chi connectivity index (χ4v) is 1.74. The molecule has 2 aromatic heterocycles. The number of aromatic nitrogens is 3. The van der Waals surface area contributed by atoms with Gasteiger partial charge in [-0.3, -0.25) is 9.67 Å². The molecule has 0 saturated carbocycles. The third kappa shape index (κ3) is 3.78. The fourth-order valence-electron chi connectivity index (χ4n) is 1.74. The monoisotopic (exact) mass is 289 g/mol. The molecule has 0 radical (unpaired) electrons. The standard InChI is InChI=1S/C13H15N5O3/c1-17(7-9-4-15-18(2)8-9)13(21)16-11-3-10(12(19)20)5-14-6-11/h3-6,8H,7H2,1-2H3,(H,16,21)(H,19,20). The van der Waals surface area contributed by atoms with Gasteiger partial charge in [0.25, 0.3) is 0 Å². The van der Waals surface area contributed by atoms with Gasteiger partial charge in [-0.05, 0) is 6.07 Å². The molecule has 2 N–H and O–H groups in total. The van der Waals surface area contributed by atoms with E-state index in [-0.39, 0.29) is 11.6 Å². The molecule has 2 amide bonds. The number of rotatable bonds is 4. The van der Waals surface area contributed by atoms with Gasteiger partial charge < -0.3 is 15.3 Å². The average Bonchev–Trinajstić information content (AvgIpc) is 2.84. The first-order chi connectivity index (χ1) is 9.95. The minimum absolute atomic E-state index is 0.0164. The number of anilines is 1. The normalized spacial score (nSPS) is 10.2. The lowest BCUT2D eigenvalue weighted by molar-refractivity contribution is 0.0696. The molecular formula is C13H15N5O3. The molecule has 2 rings (SSSR count). The Morgan fingerprint density at radius 3 is 2.76 bits per heavy atom. The lowest BCUT2D eigenvalue weighted by Gasteiger charge is -2.17. The van der Waals surface area contributed by atoms with E-state index in [1.165, 1.54) is 23.4 Å². The zero-order valence-corrected chi connectivity index (χ0v) is 11.6. The molecule has 0 saturated heterocycles. The highest BCUT2D eigenvalue weighted by molar-refractivity contribution is 5.92. The molecule has 0 unspecified atom stereocenters. The number of carboxylic acid groups (broad SMARTS) is 1. The molecule has 0 bridgehead atoms. The predicted octanol–water partition coefficient (Wildman–Crippen LogP) is 1.18. The summed E-state index contributed by atoms with van der Waals surface area (Å²) in [5, 5.41) is 15.5. The quantitative estimate of drug-likeness (QED) is 0.880. The van der Waals surface area contributed by atoms with Crippen LogP contribution in [0.3, 0.4) is 0 Å². The number of nitrogens with zero attached hydrogens (tertiary/aromatic N) is 4. The topological polar surface area (TPSA) is 100 Å². The highest BCUT2D eigenvalue weighted by atomic mass is 16.4. The van der Waals surface area contributed by atoms with Crippen molar-refractivity contribution in [2.24, 2.45) is 7.05 Å². The Morgan fingerprint density at radius 1 is 1.38 bits per heavy atom. The molecule has 2 aromatic rings. The number of aromatic carboxylic acids is 1. The van der Waals surface area contributed by atoms with Crippen molar-refractivity contribution in [3.63, 3.8) is 0 Å². The Balaban J connectivity index is 2.00. The first-order valence-corrected chi connectivity index (χ1v) is 6.13. The van der Waals surface area contributed by atoms with Gasteiger partial charge in [-0.2, -0.15) is 5.10 Å². The smallest absolute Gasteiger partial charge is 0.337 e. The summed E-state index contributed by atoms with van der Waals surface area (Å²) >= 11 is 0. The van der Waals surface area contributed by atoms with Crippen molar-refractivity contribution < 1.29 is 14.7 Å². The maximum Gasteiger partial charge on any atom is 0.337 e. The lowest BCUT2D eigenvalue weighted by atomic mass is 10.2. The molecule has 8 heteroatoms. The predicted molar refractivity (Wildman–Crippen MR) is 74.9 cm³/mol. The molecule has 8 nitrogen and oxygen atoms in total. The number of nitrogens with one attached hydrogen (secondary N) is 1. The van der Waals surface area contributed by atoms with Crippen LogP contribution < -0.4 is 5.32 Å². The third-order valence-corrected chi connectivity index (χ3v) is 2.76. The minimum Gasteiger partial charge on any atom is -0.478 e. The Hall–Kier alpha value is -2.90. The largest absolute Gasteiger partial charge is 0.478 e. The van der Waals surface area contributed by atoms with E-state index in [1.807, 2.05) is 6.20 Å². The number of aryl methyl sites for hydroxylation is 1. The number of hydrogen-bond donors (Lipinski definition) is 2. The van der Waals surface area contributed by atoms with E-state index in [9.17, 15) is 9.59 Å². The highest BCUT2D eigenvalue weighted by Crippen LogP contribution is 2.10. The van der Waals surface area contributed by atoms with Crippen LogP contribution in [-0.4, -0.2) is 43.8 Å². The summed E-state index contributed by atoms with van der Waals surface area (Å²) in [6.45, 7) is 0.395. The zero-order chi connectivity index (χ0) is 15.4. The van der Waals surface area contributed by atoms with Gasteiger partial charge in [-0.15, -0.1) is 0 Å². The molecular weight excluding hydrogens is 274 g/mol. The second-order valence-corrected chi connectivity index (χ2v) is 4.58. The Morgan fingerprint density at radius 2 is 2.14 bits per heavy atom. The molecule has 21 heavy (non-hydrogen) atoms. The van der Waals surface area contributed by atoms with Crippen molar-refractivity contribution in [3.05, 3.63) is 42.0 Å². The fraction of sp³-hybridized carbons (Fsp3) is 0.231. The van der Waals surface area contributed by atoms with E-state index in [1.54, 1.807) is 25.0 Å². The molecule has 0 aromatic carbocycles. The van der Waals surface area contributed by atoms with Gasteiger partial charge in [0.15, 0.2) is 0 Å². The van der Waals surface area contributed by atoms with Crippen molar-refractivity contribution in [2.45, 2.75) is 6.54 Å². The summed E-state index contributed by atoms with van der Waals surface area (Å²) < 4.78 is 1.65. The SMILES string of the molecule is CN(Cc1cnn(C)c1)C(=O)Nc1cncc(C(=O)O)c1. The van der Waals surface area contributed by atoms with Crippen LogP contribution in [0, 0.1) is 0 Å². The van der Waals surface area contributed by atoms with Crippen LogP contribution in [0.1, 0.15) is 15.9 Å². The van der Waals surface area contributed by atoms with Crippen LogP contribution in [0.25, 0.3) is 0 Å². The van der Waals surface area contributed by atoms with Crippen LogP contribution in [0.5, 0.6) is 0 Å². The van der Waals surface area contributed by atoms with Crippen LogP contribution in [-0.2, 0) is 13.6 Å². The summed E-state index contributed by atoms with van der Waals surface area (Å²) in [4.78, 5) is 28.1. The molecule has 0 fully saturated rings. The van der Waals surface area contributed by atoms with E-state index >= 15 is 0 Å². The number of carbonyl (C=O) groups is 2. The molecule has 0 spiro atoms. The van der Waals surface area contributed by atoms with Gasteiger partial charge in [0.1, 0.15) is 0 Å². The maximum atomic E-state index is 12.0. The second-order valence-electron chi connectivity index (χ2n) is 4.58. The average molecular weight is 289 g/mol. The molecule has 110 valence electrons. The van der Waals surface area contributed by atoms with Crippen molar-refractivity contribution in [3.8, 4) is 0 Å². The lowest BCUT2D eigenvalue weighted by Crippen LogP contribution is -2.30. The van der Waals surface area contributed by atoms with Crippen molar-refractivity contribution >= 4 is 17.7 Å². The van der Waals surface area contributed by atoms with Crippen molar-refractivity contribution in [2.75, 3.05) is 12.4 Å². The summed E-state index contributed by atoms with van der Waals surface area (Å²) in [5.41, 5.74) is 1.24. The minimum atomic E-state index is -1.10. The molecule has 0 aliphatic rings. The first kappa shape index (κ1) is 14.5. The zero-order valence-electron chi connectivity index (χ0n) is 11.6. The Bertz CT molecular complexity index is 667. The molecule has 0 aliphatic carbocycles. The van der Waals surface area contributed by atoms with Crippen LogP contribution in [0.15, 0.2) is 30.9 Å². The summed E-state index contributed by atoms with van der Waals surface area (Å²) in [5.74, 6) is -1.10. The Labute approximate surface area is 121 Å². The molecule has 0 aliphatic heterocycles. The number of carboxylic acids is 1. The summed E-state index contributed by atoms with van der Waals surface area (Å²) in [7, 11) is 3.43. The summed E-state index contributed by atoms with van der Waals surface area (Å²) in [6.07, 6.45) is 6.10. The maximum absolute atomic E-state index is 12.0. The highest BCUT2D eigenvalue weighted by Gasteiger charge is 2.12.